The summed E-state index contributed by atoms with van der Waals surface area (Å²) in [5, 5.41) is 0. The standard InChI is InChI=1S/C13H29O3Si/c1-5-8-11-14-17(4,15-12-9-6-2)16-13-10-7-3/h4-13H2,1-3H3. The van der Waals surface area contributed by atoms with Gasteiger partial charge in [0.2, 0.25) is 0 Å². The van der Waals surface area contributed by atoms with Gasteiger partial charge in [-0.3, -0.25) is 0 Å². The lowest BCUT2D eigenvalue weighted by Crippen LogP contribution is -2.44. The largest absolute Gasteiger partial charge is 0.500 e. The molecule has 0 saturated heterocycles. The average Bonchev–Trinajstić information content (AvgIpc) is 2.30. The van der Waals surface area contributed by atoms with Gasteiger partial charge in [-0.15, -0.1) is 0 Å². The first-order valence-corrected chi connectivity index (χ1v) is 8.89. The molecular formula is C13H29O3Si. The first-order valence-electron chi connectivity index (χ1n) is 6.95. The minimum Gasteiger partial charge on any atom is -0.373 e. The van der Waals surface area contributed by atoms with Crippen molar-refractivity contribution in [2.45, 2.75) is 59.3 Å². The van der Waals surface area contributed by atoms with Crippen LogP contribution in [0.15, 0.2) is 0 Å². The highest BCUT2D eigenvalue weighted by Gasteiger charge is 2.34. The van der Waals surface area contributed by atoms with Crippen molar-refractivity contribution in [3.8, 4) is 0 Å². The Kier molecular flexibility index (Phi) is 11.3. The van der Waals surface area contributed by atoms with Gasteiger partial charge in [-0.2, -0.15) is 0 Å². The summed E-state index contributed by atoms with van der Waals surface area (Å²) in [5.41, 5.74) is 0. The Morgan fingerprint density at radius 1 is 0.706 bits per heavy atom. The maximum Gasteiger partial charge on any atom is 0.500 e. The molecule has 0 heterocycles. The van der Waals surface area contributed by atoms with E-state index in [-0.39, 0.29) is 0 Å². The van der Waals surface area contributed by atoms with Crippen molar-refractivity contribution in [2.24, 2.45) is 0 Å². The molecular weight excluding hydrogens is 232 g/mol. The highest BCUT2D eigenvalue weighted by molar-refractivity contribution is 6.62. The molecule has 0 aromatic heterocycles. The van der Waals surface area contributed by atoms with Gasteiger partial charge in [0.15, 0.2) is 0 Å². The van der Waals surface area contributed by atoms with E-state index in [0.29, 0.717) is 19.8 Å². The highest BCUT2D eigenvalue weighted by atomic mass is 28.4. The van der Waals surface area contributed by atoms with Crippen molar-refractivity contribution in [3.63, 3.8) is 0 Å². The van der Waals surface area contributed by atoms with Crippen LogP contribution in [0.5, 0.6) is 0 Å². The molecule has 4 heteroatoms. The zero-order chi connectivity index (χ0) is 13.0. The molecule has 0 fully saturated rings. The van der Waals surface area contributed by atoms with Crippen molar-refractivity contribution in [2.75, 3.05) is 19.8 Å². The normalized spacial score (nSPS) is 12.0. The molecule has 0 amide bonds. The zero-order valence-corrected chi connectivity index (χ0v) is 12.8. The van der Waals surface area contributed by atoms with Gasteiger partial charge in [-0.25, -0.2) is 0 Å². The molecule has 17 heavy (non-hydrogen) atoms. The van der Waals surface area contributed by atoms with Gasteiger partial charge in [0.25, 0.3) is 0 Å². The average molecular weight is 261 g/mol. The summed E-state index contributed by atoms with van der Waals surface area (Å²) in [5.74, 6) is 0. The van der Waals surface area contributed by atoms with Crippen LogP contribution in [0, 0.1) is 6.55 Å². The predicted octanol–water partition coefficient (Wildman–Crippen LogP) is 3.75. The molecule has 0 aliphatic heterocycles. The second-order valence-corrected chi connectivity index (χ2v) is 6.52. The van der Waals surface area contributed by atoms with E-state index in [1.807, 2.05) is 0 Å². The summed E-state index contributed by atoms with van der Waals surface area (Å²) in [6, 6.07) is 0. The van der Waals surface area contributed by atoms with Crippen LogP contribution in [0.3, 0.4) is 0 Å². The van der Waals surface area contributed by atoms with Gasteiger partial charge in [0.05, 0.1) is 0 Å². The monoisotopic (exact) mass is 261 g/mol. The van der Waals surface area contributed by atoms with E-state index in [9.17, 15) is 0 Å². The smallest absolute Gasteiger partial charge is 0.373 e. The van der Waals surface area contributed by atoms with E-state index in [1.165, 1.54) is 0 Å². The number of hydrogen-bond donors (Lipinski definition) is 0. The zero-order valence-electron chi connectivity index (χ0n) is 11.8. The van der Waals surface area contributed by atoms with Crippen LogP contribution < -0.4 is 0 Å². The summed E-state index contributed by atoms with van der Waals surface area (Å²) >= 11 is 0. The van der Waals surface area contributed by atoms with Gasteiger partial charge >= 0.3 is 8.80 Å². The van der Waals surface area contributed by atoms with Crippen molar-refractivity contribution in [1.82, 2.24) is 0 Å². The minimum absolute atomic E-state index is 0.699. The lowest BCUT2D eigenvalue weighted by Gasteiger charge is -2.26. The van der Waals surface area contributed by atoms with Gasteiger partial charge in [0, 0.05) is 26.4 Å². The molecule has 0 N–H and O–H groups in total. The van der Waals surface area contributed by atoms with Gasteiger partial charge in [0.1, 0.15) is 0 Å². The SMILES string of the molecule is [CH2][Si](OCCCC)(OCCCC)OCCCC. The Labute approximate surface area is 108 Å². The first kappa shape index (κ1) is 17.1. The summed E-state index contributed by atoms with van der Waals surface area (Å²) in [6.07, 6.45) is 6.48. The van der Waals surface area contributed by atoms with E-state index >= 15 is 0 Å². The van der Waals surface area contributed by atoms with Gasteiger partial charge in [-0.05, 0) is 19.3 Å². The molecule has 0 aromatic rings. The fourth-order valence-corrected chi connectivity index (χ4v) is 2.86. The van der Waals surface area contributed by atoms with Crippen LogP contribution in [0.2, 0.25) is 0 Å². The number of rotatable bonds is 12. The van der Waals surface area contributed by atoms with Crippen LogP contribution in [0.4, 0.5) is 0 Å². The molecule has 0 bridgehead atoms. The molecule has 0 aliphatic rings. The van der Waals surface area contributed by atoms with E-state index in [4.69, 9.17) is 13.3 Å². The summed E-state index contributed by atoms with van der Waals surface area (Å²) in [7, 11) is -2.61. The molecule has 0 saturated carbocycles. The topological polar surface area (TPSA) is 27.7 Å². The minimum atomic E-state index is -2.61. The quantitative estimate of drug-likeness (QED) is 0.395. The third kappa shape index (κ3) is 9.77. The molecule has 0 aromatic carbocycles. The molecule has 1 radical (unpaired) electrons. The Bertz CT molecular complexity index is 138. The first-order chi connectivity index (χ1) is 8.18. The van der Waals surface area contributed by atoms with Crippen molar-refractivity contribution >= 4 is 8.80 Å². The fraction of sp³-hybridized carbons (Fsp3) is 0.923. The number of unbranched alkanes of at least 4 members (excludes halogenated alkanes) is 3. The van der Waals surface area contributed by atoms with E-state index in [1.54, 1.807) is 0 Å². The third-order valence-corrected chi connectivity index (χ3v) is 4.39. The van der Waals surface area contributed by atoms with E-state index < -0.39 is 8.80 Å². The molecule has 3 nitrogen and oxygen atoms in total. The molecule has 0 atom stereocenters. The van der Waals surface area contributed by atoms with Crippen LogP contribution in [0.25, 0.3) is 0 Å². The Morgan fingerprint density at radius 2 is 1.00 bits per heavy atom. The lowest BCUT2D eigenvalue weighted by atomic mass is 10.4. The molecule has 0 spiro atoms. The Morgan fingerprint density at radius 3 is 1.24 bits per heavy atom. The third-order valence-electron chi connectivity index (χ3n) is 2.46. The Balaban J connectivity index is 3.95. The van der Waals surface area contributed by atoms with E-state index in [0.717, 1.165) is 38.5 Å². The molecule has 103 valence electrons. The van der Waals surface area contributed by atoms with Crippen molar-refractivity contribution in [1.29, 1.82) is 0 Å². The van der Waals surface area contributed by atoms with Crippen LogP contribution in [-0.2, 0) is 13.3 Å². The summed E-state index contributed by atoms with van der Waals surface area (Å²) in [6.45, 7) is 12.6. The fourth-order valence-electron chi connectivity index (χ4n) is 1.24. The summed E-state index contributed by atoms with van der Waals surface area (Å²) < 4.78 is 17.2. The maximum atomic E-state index is 5.75. The van der Waals surface area contributed by atoms with Gasteiger partial charge in [-0.1, -0.05) is 40.0 Å². The van der Waals surface area contributed by atoms with Gasteiger partial charge < -0.3 is 13.3 Å². The van der Waals surface area contributed by atoms with Crippen LogP contribution in [-0.4, -0.2) is 28.6 Å². The Hall–Kier alpha value is 0.0969. The molecule has 0 unspecified atom stereocenters. The highest BCUT2D eigenvalue weighted by Crippen LogP contribution is 2.11. The van der Waals surface area contributed by atoms with Crippen molar-refractivity contribution in [3.05, 3.63) is 6.55 Å². The molecule has 0 rings (SSSR count). The maximum absolute atomic E-state index is 5.75. The number of hydrogen-bond acceptors (Lipinski definition) is 3. The van der Waals surface area contributed by atoms with Crippen LogP contribution >= 0.6 is 0 Å². The molecule has 0 aliphatic carbocycles. The predicted molar refractivity (Wildman–Crippen MR) is 73.7 cm³/mol. The second kappa shape index (κ2) is 11.2. The van der Waals surface area contributed by atoms with Crippen molar-refractivity contribution < 1.29 is 13.3 Å². The lowest BCUT2D eigenvalue weighted by molar-refractivity contribution is 0.0677. The van der Waals surface area contributed by atoms with Crippen LogP contribution in [0.1, 0.15) is 59.3 Å². The second-order valence-electron chi connectivity index (χ2n) is 4.29. The summed E-state index contributed by atoms with van der Waals surface area (Å²) in [4.78, 5) is 0. The van der Waals surface area contributed by atoms with E-state index in [2.05, 4.69) is 27.3 Å².